The first-order chi connectivity index (χ1) is 2.41. The second-order valence-corrected chi connectivity index (χ2v) is 1.29. The summed E-state index contributed by atoms with van der Waals surface area (Å²) in [5.74, 6) is 3.50. The molecule has 5 heavy (non-hydrogen) atoms. The fourth-order valence-corrected chi connectivity index (χ4v) is 0.250. The zero-order valence-corrected chi connectivity index (χ0v) is 3.92. The van der Waals surface area contributed by atoms with E-state index in [1.807, 2.05) is 5.37 Å². The summed E-state index contributed by atoms with van der Waals surface area (Å²) >= 11 is 0. The van der Waals surface area contributed by atoms with E-state index in [4.69, 9.17) is 0 Å². The van der Waals surface area contributed by atoms with Crippen molar-refractivity contribution in [3.63, 3.8) is 0 Å². The van der Waals surface area contributed by atoms with E-state index in [9.17, 15) is 0 Å². The number of hydrogen-bond donors (Lipinski definition) is 0. The minimum absolute atomic E-state index is 0.869. The highest BCUT2D eigenvalue weighted by molar-refractivity contribution is 7.94. The van der Waals surface area contributed by atoms with Gasteiger partial charge in [0.15, 0.2) is 0 Å². The van der Waals surface area contributed by atoms with Gasteiger partial charge < -0.3 is 0 Å². The fraction of sp³-hybridized carbons (Fsp3) is 0.250. The molecule has 1 radical (unpaired) electrons. The van der Waals surface area contributed by atoms with Gasteiger partial charge in [-0.3, -0.25) is 0 Å². The van der Waals surface area contributed by atoms with E-state index in [0.29, 0.717) is 0 Å². The minimum Gasteiger partial charge on any atom is -0.165 e. The molecular weight excluding hydrogens is 80.1 g/mol. The Labute approximate surface area is 36.4 Å². The van der Waals surface area contributed by atoms with E-state index >= 15 is 0 Å². The third kappa shape index (κ3) is 3.96. The highest BCUT2D eigenvalue weighted by Crippen LogP contribution is 1.63. The lowest BCUT2D eigenvalue weighted by Crippen LogP contribution is -1.52. The second kappa shape index (κ2) is 3.96. The molecule has 0 amide bonds. The zero-order valence-electron chi connectivity index (χ0n) is 3.11. The van der Waals surface area contributed by atoms with Crippen LogP contribution in [0.3, 0.4) is 0 Å². The van der Waals surface area contributed by atoms with Crippen LogP contribution in [0.4, 0.5) is 0 Å². The van der Waals surface area contributed by atoms with Crippen molar-refractivity contribution in [1.29, 1.82) is 0 Å². The van der Waals surface area contributed by atoms with Gasteiger partial charge in [0, 0.05) is 0 Å². The van der Waals surface area contributed by atoms with Gasteiger partial charge in [0.05, 0.1) is 0 Å². The Hall–Kier alpha value is -0.0400. The predicted octanol–water partition coefficient (Wildman–Crippen LogP) is 1.18. The molecule has 0 heterocycles. The van der Waals surface area contributed by atoms with E-state index in [0.717, 1.165) is 6.42 Å². The molecule has 0 aromatic carbocycles. The van der Waals surface area contributed by atoms with Crippen molar-refractivity contribution in [3.05, 3.63) is 6.92 Å². The monoisotopic (exact) mass is 87.0 g/mol. The molecule has 0 unspecified atom stereocenters. The van der Waals surface area contributed by atoms with E-state index in [2.05, 4.69) is 12.8 Å². The van der Waals surface area contributed by atoms with E-state index < -0.39 is 0 Å². The van der Waals surface area contributed by atoms with Crippen LogP contribution in [0.5, 0.6) is 0 Å². The van der Waals surface area contributed by atoms with Crippen LogP contribution >= 0.6 is 10.9 Å². The van der Waals surface area contributed by atoms with Gasteiger partial charge in [0.2, 0.25) is 0 Å². The van der Waals surface area contributed by atoms with Crippen LogP contribution in [-0.4, -0.2) is 11.2 Å². The van der Waals surface area contributed by atoms with Gasteiger partial charge in [0.1, 0.15) is 0 Å². The Morgan fingerprint density at radius 3 is 2.40 bits per heavy atom. The predicted molar refractivity (Wildman–Crippen MR) is 30.7 cm³/mol. The second-order valence-electron chi connectivity index (χ2n) is 0.622. The highest BCUT2D eigenvalue weighted by atomic mass is 32.1. The summed E-state index contributed by atoms with van der Waals surface area (Å²) in [5.41, 5.74) is 0. The first-order valence-corrected chi connectivity index (χ1v) is 2.48. The molecule has 0 aromatic heterocycles. The molecule has 0 saturated heterocycles. The van der Waals surface area contributed by atoms with Gasteiger partial charge in [-0.1, -0.05) is 0 Å². The van der Waals surface area contributed by atoms with Crippen LogP contribution in [0.1, 0.15) is 6.42 Å². The molecule has 1 heteroatoms. The largest absolute Gasteiger partial charge is 0.165 e. The smallest absolute Gasteiger partial charge is 0.0254 e. The zero-order chi connectivity index (χ0) is 4.12. The minimum atomic E-state index is 0.869. The van der Waals surface area contributed by atoms with Gasteiger partial charge in [0.25, 0.3) is 0 Å². The first-order valence-electron chi connectivity index (χ1n) is 1.43. The molecule has 0 spiro atoms. The van der Waals surface area contributed by atoms with Gasteiger partial charge in [-0.2, -0.15) is 10.9 Å². The van der Waals surface area contributed by atoms with Crippen LogP contribution in [-0.2, 0) is 0 Å². The van der Waals surface area contributed by atoms with E-state index in [1.54, 1.807) is 0 Å². The topological polar surface area (TPSA) is 0 Å². The third-order valence-electron chi connectivity index (χ3n) is 0.236. The van der Waals surface area contributed by atoms with Crippen molar-refractivity contribution in [2.75, 3.05) is 0 Å². The summed E-state index contributed by atoms with van der Waals surface area (Å²) < 4.78 is 0. The normalized spacial score (nSPS) is 6.60. The molecule has 0 aliphatic heterocycles. The fourth-order valence-electron chi connectivity index (χ4n) is 0.0833. The average molecular weight is 87.2 g/mol. The average Bonchev–Trinajstić information content (AvgIpc) is 1.41. The SMILES string of the molecule is [CH2]CC=S=C. The Bertz CT molecular complexity index is 50.7. The van der Waals surface area contributed by atoms with Crippen LogP contribution in [0, 0.1) is 6.92 Å². The van der Waals surface area contributed by atoms with Gasteiger partial charge in [-0.25, -0.2) is 0 Å². The molecule has 0 rings (SSSR count). The Morgan fingerprint density at radius 2 is 2.40 bits per heavy atom. The Morgan fingerprint density at radius 1 is 1.80 bits per heavy atom. The summed E-state index contributed by atoms with van der Waals surface area (Å²) in [6, 6.07) is 0. The Balaban J connectivity index is 2.93. The molecular formula is C4H7S. The molecule has 0 bridgehead atoms. The molecule has 0 aliphatic rings. The molecule has 29 valence electrons. The van der Waals surface area contributed by atoms with Crippen LogP contribution in [0.25, 0.3) is 0 Å². The van der Waals surface area contributed by atoms with Crippen molar-refractivity contribution in [1.82, 2.24) is 0 Å². The molecule has 0 saturated carbocycles. The van der Waals surface area contributed by atoms with E-state index in [-0.39, 0.29) is 0 Å². The van der Waals surface area contributed by atoms with Crippen LogP contribution in [0.15, 0.2) is 0 Å². The van der Waals surface area contributed by atoms with Crippen molar-refractivity contribution < 1.29 is 0 Å². The molecule has 0 nitrogen and oxygen atoms in total. The summed E-state index contributed by atoms with van der Waals surface area (Å²) in [7, 11) is 1.46. The highest BCUT2D eigenvalue weighted by Gasteiger charge is 1.49. The molecule has 0 N–H and O–H groups in total. The van der Waals surface area contributed by atoms with Gasteiger partial charge in [-0.05, 0) is 24.6 Å². The number of hydrogen-bond acceptors (Lipinski definition) is 0. The van der Waals surface area contributed by atoms with Crippen LogP contribution < -0.4 is 0 Å². The van der Waals surface area contributed by atoms with E-state index in [1.165, 1.54) is 10.9 Å². The third-order valence-corrected chi connectivity index (χ3v) is 0.707. The summed E-state index contributed by atoms with van der Waals surface area (Å²) in [4.78, 5) is 0. The first kappa shape index (κ1) is 4.96. The van der Waals surface area contributed by atoms with Crippen LogP contribution in [0.2, 0.25) is 0 Å². The standard InChI is InChI=1S/C4H7S/c1-3-4-5-2/h4H,1-3H2. The van der Waals surface area contributed by atoms with Crippen molar-refractivity contribution in [2.24, 2.45) is 0 Å². The maximum Gasteiger partial charge on any atom is -0.0254 e. The molecule has 0 fully saturated rings. The Kier molecular flexibility index (Phi) is 3.93. The maximum absolute atomic E-state index is 3.56. The van der Waals surface area contributed by atoms with Crippen molar-refractivity contribution >= 4 is 22.2 Å². The lowest BCUT2D eigenvalue weighted by molar-refractivity contribution is 1.60. The van der Waals surface area contributed by atoms with Crippen molar-refractivity contribution in [3.8, 4) is 0 Å². The summed E-state index contributed by atoms with van der Waals surface area (Å²) in [6.45, 7) is 3.56. The van der Waals surface area contributed by atoms with Gasteiger partial charge >= 0.3 is 0 Å². The van der Waals surface area contributed by atoms with Gasteiger partial charge in [-0.15, -0.1) is 0 Å². The summed E-state index contributed by atoms with van der Waals surface area (Å²) in [5, 5.41) is 1.94. The lowest BCUT2D eigenvalue weighted by atomic mass is 10.6. The molecule has 0 aliphatic carbocycles. The quantitative estimate of drug-likeness (QED) is 0.421. The molecule has 0 aromatic rings. The molecule has 0 atom stereocenters. The summed E-state index contributed by atoms with van der Waals surface area (Å²) in [6.07, 6.45) is 0.869. The lowest BCUT2D eigenvalue weighted by Gasteiger charge is -1.59. The maximum atomic E-state index is 3.56. The number of rotatable bonds is 1. The van der Waals surface area contributed by atoms with Crippen molar-refractivity contribution in [2.45, 2.75) is 6.42 Å².